The van der Waals surface area contributed by atoms with Crippen molar-refractivity contribution in [3.8, 4) is 0 Å². The number of halogens is 2. The minimum atomic E-state index is 0.161. The van der Waals surface area contributed by atoms with Crippen molar-refractivity contribution in [1.82, 2.24) is 4.98 Å². The van der Waals surface area contributed by atoms with Crippen molar-refractivity contribution in [3.63, 3.8) is 0 Å². The summed E-state index contributed by atoms with van der Waals surface area (Å²) in [6.45, 7) is 0.580. The van der Waals surface area contributed by atoms with Crippen LogP contribution in [-0.2, 0) is 6.54 Å². The van der Waals surface area contributed by atoms with Gasteiger partial charge in [0.05, 0.1) is 28.2 Å². The lowest BCUT2D eigenvalue weighted by molar-refractivity contribution is 0.389. The number of hydrogen-bond acceptors (Lipinski definition) is 5. The van der Waals surface area contributed by atoms with Crippen LogP contribution < -0.4 is 11.1 Å². The number of thiophene rings is 1. The Morgan fingerprint density at radius 1 is 1.32 bits per heavy atom. The standard InChI is InChI=1S/C18H19Cl2N3OS/c19-14-8-13(22-9-10-4-3-7-24-10)18-16(23-14)15(20)17(25-18)11-5-1-2-6-12(11)21/h3-4,7-8,11-12H,1-2,5-6,9,21H2,(H,22,23)/t11-,12-/m0/s1. The highest BCUT2D eigenvalue weighted by Gasteiger charge is 2.29. The van der Waals surface area contributed by atoms with E-state index < -0.39 is 0 Å². The molecule has 0 amide bonds. The fourth-order valence-electron chi connectivity index (χ4n) is 3.48. The van der Waals surface area contributed by atoms with Crippen LogP contribution >= 0.6 is 34.5 Å². The van der Waals surface area contributed by atoms with Gasteiger partial charge >= 0.3 is 0 Å². The number of nitrogens with zero attached hydrogens (tertiary/aromatic N) is 1. The molecule has 0 aliphatic heterocycles. The maximum atomic E-state index is 6.69. The van der Waals surface area contributed by atoms with Gasteiger partial charge in [0.25, 0.3) is 0 Å². The molecule has 2 atom stereocenters. The number of anilines is 1. The van der Waals surface area contributed by atoms with Crippen LogP contribution in [0.3, 0.4) is 0 Å². The van der Waals surface area contributed by atoms with Gasteiger partial charge < -0.3 is 15.5 Å². The number of fused-ring (bicyclic) bond motifs is 1. The van der Waals surface area contributed by atoms with E-state index in [1.807, 2.05) is 18.2 Å². The molecule has 0 aromatic carbocycles. The highest BCUT2D eigenvalue weighted by atomic mass is 35.5. The van der Waals surface area contributed by atoms with Gasteiger partial charge in [-0.25, -0.2) is 4.98 Å². The van der Waals surface area contributed by atoms with Crippen LogP contribution in [0, 0.1) is 0 Å². The fraction of sp³-hybridized carbons (Fsp3) is 0.389. The summed E-state index contributed by atoms with van der Waals surface area (Å²) in [4.78, 5) is 5.60. The normalized spacial score (nSPS) is 20.9. The van der Waals surface area contributed by atoms with Gasteiger partial charge in [-0.05, 0) is 25.0 Å². The monoisotopic (exact) mass is 395 g/mol. The van der Waals surface area contributed by atoms with Gasteiger partial charge in [0, 0.05) is 22.9 Å². The number of aromatic nitrogens is 1. The lowest BCUT2D eigenvalue weighted by Crippen LogP contribution is -2.30. The number of nitrogens with one attached hydrogen (secondary N) is 1. The van der Waals surface area contributed by atoms with Crippen LogP contribution in [0.4, 0.5) is 5.69 Å². The highest BCUT2D eigenvalue weighted by molar-refractivity contribution is 7.20. The van der Waals surface area contributed by atoms with Crippen LogP contribution in [-0.4, -0.2) is 11.0 Å². The molecule has 0 spiro atoms. The average molecular weight is 396 g/mol. The zero-order chi connectivity index (χ0) is 17.4. The molecule has 1 aliphatic rings. The molecular weight excluding hydrogens is 377 g/mol. The van der Waals surface area contributed by atoms with Crippen LogP contribution in [0.1, 0.15) is 42.2 Å². The van der Waals surface area contributed by atoms with E-state index in [2.05, 4.69) is 10.3 Å². The number of nitrogens with two attached hydrogens (primary N) is 1. The first-order chi connectivity index (χ1) is 12.1. The molecule has 1 fully saturated rings. The molecule has 0 unspecified atom stereocenters. The number of furan rings is 1. The van der Waals surface area contributed by atoms with E-state index >= 15 is 0 Å². The van der Waals surface area contributed by atoms with Crippen molar-refractivity contribution in [2.75, 3.05) is 5.32 Å². The van der Waals surface area contributed by atoms with Gasteiger partial charge in [-0.2, -0.15) is 0 Å². The first-order valence-corrected chi connectivity index (χ1v) is 10.0. The highest BCUT2D eigenvalue weighted by Crippen LogP contribution is 2.46. The Bertz CT molecular complexity index is 878. The third-order valence-electron chi connectivity index (χ3n) is 4.77. The van der Waals surface area contributed by atoms with Crippen LogP contribution in [0.15, 0.2) is 28.9 Å². The Morgan fingerprint density at radius 3 is 2.92 bits per heavy atom. The van der Waals surface area contributed by atoms with Gasteiger partial charge in [0.15, 0.2) is 0 Å². The molecule has 132 valence electrons. The van der Waals surface area contributed by atoms with E-state index in [4.69, 9.17) is 33.4 Å². The van der Waals surface area contributed by atoms with E-state index in [9.17, 15) is 0 Å². The second-order valence-corrected chi connectivity index (χ2v) is 8.26. The second-order valence-electron chi connectivity index (χ2n) is 6.44. The molecule has 25 heavy (non-hydrogen) atoms. The SMILES string of the molecule is N[C@H]1CCCC[C@@H]1c1sc2c(NCc3ccco3)cc(Cl)nc2c1Cl. The average Bonchev–Trinajstić information content (AvgIpc) is 3.22. The summed E-state index contributed by atoms with van der Waals surface area (Å²) in [7, 11) is 0. The van der Waals surface area contributed by atoms with Gasteiger partial charge in [-0.1, -0.05) is 36.0 Å². The summed E-state index contributed by atoms with van der Waals surface area (Å²) in [5, 5.41) is 4.51. The molecule has 7 heteroatoms. The predicted molar refractivity (Wildman–Crippen MR) is 105 cm³/mol. The quantitative estimate of drug-likeness (QED) is 0.548. The zero-order valence-corrected chi connectivity index (χ0v) is 15.9. The Morgan fingerprint density at radius 2 is 2.16 bits per heavy atom. The maximum Gasteiger partial charge on any atom is 0.131 e. The van der Waals surface area contributed by atoms with E-state index in [1.54, 1.807) is 17.6 Å². The Hall–Kier alpha value is -1.27. The molecule has 0 saturated heterocycles. The van der Waals surface area contributed by atoms with Crippen LogP contribution in [0.25, 0.3) is 10.2 Å². The molecule has 0 bridgehead atoms. The van der Waals surface area contributed by atoms with E-state index in [0.29, 0.717) is 22.6 Å². The summed E-state index contributed by atoms with van der Waals surface area (Å²) < 4.78 is 6.41. The van der Waals surface area contributed by atoms with E-state index in [0.717, 1.165) is 39.4 Å². The molecule has 3 aromatic heterocycles. The molecule has 4 nitrogen and oxygen atoms in total. The predicted octanol–water partition coefficient (Wildman–Crippen LogP) is 5.79. The molecule has 4 rings (SSSR count). The first-order valence-electron chi connectivity index (χ1n) is 8.43. The second kappa shape index (κ2) is 7.16. The molecule has 1 aliphatic carbocycles. The summed E-state index contributed by atoms with van der Waals surface area (Å²) in [5.74, 6) is 1.16. The van der Waals surface area contributed by atoms with Crippen molar-refractivity contribution < 1.29 is 4.42 Å². The lowest BCUT2D eigenvalue weighted by Gasteiger charge is -2.27. The van der Waals surface area contributed by atoms with Crippen molar-refractivity contribution >= 4 is 50.4 Å². The Labute approximate surface area is 160 Å². The third-order valence-corrected chi connectivity index (χ3v) is 6.80. The largest absolute Gasteiger partial charge is 0.467 e. The van der Waals surface area contributed by atoms with E-state index in [1.165, 1.54) is 12.8 Å². The van der Waals surface area contributed by atoms with Gasteiger partial charge in [0.1, 0.15) is 16.4 Å². The Balaban J connectivity index is 1.72. The fourth-order valence-corrected chi connectivity index (χ4v) is 5.45. The summed E-state index contributed by atoms with van der Waals surface area (Å²) >= 11 is 14.6. The topological polar surface area (TPSA) is 64.1 Å². The van der Waals surface area contributed by atoms with Crippen molar-refractivity contribution in [2.45, 2.75) is 44.2 Å². The number of rotatable bonds is 4. The summed E-state index contributed by atoms with van der Waals surface area (Å²) in [5.41, 5.74) is 8.05. The lowest BCUT2D eigenvalue weighted by atomic mass is 9.84. The Kier molecular flexibility index (Phi) is 4.91. The summed E-state index contributed by atoms with van der Waals surface area (Å²) in [6.07, 6.45) is 6.18. The third kappa shape index (κ3) is 3.38. The first kappa shape index (κ1) is 17.2. The number of pyridine rings is 1. The molecule has 3 aromatic rings. The minimum absolute atomic E-state index is 0.161. The molecule has 1 saturated carbocycles. The molecule has 0 radical (unpaired) electrons. The zero-order valence-electron chi connectivity index (χ0n) is 13.6. The van der Waals surface area contributed by atoms with Crippen LogP contribution in [0.2, 0.25) is 10.2 Å². The van der Waals surface area contributed by atoms with Crippen molar-refractivity contribution in [2.24, 2.45) is 5.73 Å². The molecule has 3 N–H and O–H groups in total. The van der Waals surface area contributed by atoms with Gasteiger partial charge in [-0.15, -0.1) is 11.3 Å². The van der Waals surface area contributed by atoms with E-state index in [-0.39, 0.29) is 6.04 Å². The van der Waals surface area contributed by atoms with Gasteiger partial charge in [0.2, 0.25) is 0 Å². The van der Waals surface area contributed by atoms with Crippen LogP contribution in [0.5, 0.6) is 0 Å². The van der Waals surface area contributed by atoms with Crippen molar-refractivity contribution in [3.05, 3.63) is 45.3 Å². The number of hydrogen-bond donors (Lipinski definition) is 2. The van der Waals surface area contributed by atoms with Gasteiger partial charge in [-0.3, -0.25) is 0 Å². The minimum Gasteiger partial charge on any atom is -0.467 e. The maximum absolute atomic E-state index is 6.69. The molecular formula is C18H19Cl2N3OS. The summed E-state index contributed by atoms with van der Waals surface area (Å²) in [6, 6.07) is 5.80. The van der Waals surface area contributed by atoms with Crippen molar-refractivity contribution in [1.29, 1.82) is 0 Å². The molecule has 3 heterocycles. The smallest absolute Gasteiger partial charge is 0.131 e.